The largest absolute Gasteiger partial charge is 0.277 e. The van der Waals surface area contributed by atoms with Gasteiger partial charge >= 0.3 is 0 Å². The molecule has 0 bridgehead atoms. The second-order valence-electron chi connectivity index (χ2n) is 3.95. The van der Waals surface area contributed by atoms with Gasteiger partial charge in [-0.25, -0.2) is 8.42 Å². The van der Waals surface area contributed by atoms with E-state index in [1.54, 1.807) is 17.0 Å². The first-order valence-electron chi connectivity index (χ1n) is 5.87. The smallest absolute Gasteiger partial charge is 0.255 e. The molecule has 0 aliphatic carbocycles. The van der Waals surface area contributed by atoms with E-state index in [0.29, 0.717) is 12.2 Å². The van der Waals surface area contributed by atoms with Crippen LogP contribution in [0, 0.1) is 0 Å². The van der Waals surface area contributed by atoms with Crippen molar-refractivity contribution >= 4 is 21.8 Å². The molecule has 0 aliphatic rings. The van der Waals surface area contributed by atoms with Crippen molar-refractivity contribution in [2.75, 3.05) is 4.72 Å². The molecule has 0 amide bonds. The van der Waals surface area contributed by atoms with Crippen molar-refractivity contribution in [1.29, 1.82) is 0 Å². The molecule has 1 heterocycles. The number of hydrogen-bond donors (Lipinski definition) is 1. The molecular weight excluding hydrogens is 262 g/mol. The standard InChI is InChI=1S/C13H15N3O2S/c1-2-16-11-13(10-14-16)15-19(17,18)9-8-12-6-4-3-5-7-12/h3-11,15H,2H2,1H3/b9-8+. The molecule has 6 heteroatoms. The van der Waals surface area contributed by atoms with Crippen molar-refractivity contribution in [3.63, 3.8) is 0 Å². The fraction of sp³-hybridized carbons (Fsp3) is 0.154. The van der Waals surface area contributed by atoms with Gasteiger partial charge in [-0.2, -0.15) is 5.10 Å². The Balaban J connectivity index is 2.08. The van der Waals surface area contributed by atoms with Gasteiger partial charge in [0.25, 0.3) is 10.0 Å². The van der Waals surface area contributed by atoms with Crippen LogP contribution >= 0.6 is 0 Å². The highest BCUT2D eigenvalue weighted by Gasteiger charge is 2.07. The maximum Gasteiger partial charge on any atom is 0.255 e. The minimum Gasteiger partial charge on any atom is -0.277 e. The molecule has 5 nitrogen and oxygen atoms in total. The maximum atomic E-state index is 11.8. The van der Waals surface area contributed by atoms with Crippen molar-refractivity contribution < 1.29 is 8.42 Å². The molecule has 0 atom stereocenters. The van der Waals surface area contributed by atoms with Crippen molar-refractivity contribution in [3.8, 4) is 0 Å². The lowest BCUT2D eigenvalue weighted by molar-refractivity contribution is 0.609. The number of nitrogens with one attached hydrogen (secondary N) is 1. The number of aromatic nitrogens is 2. The highest BCUT2D eigenvalue weighted by Crippen LogP contribution is 2.10. The van der Waals surface area contributed by atoms with Crippen LogP contribution in [-0.2, 0) is 16.6 Å². The summed E-state index contributed by atoms with van der Waals surface area (Å²) in [7, 11) is -3.51. The van der Waals surface area contributed by atoms with E-state index in [0.717, 1.165) is 11.0 Å². The van der Waals surface area contributed by atoms with Gasteiger partial charge in [0.15, 0.2) is 0 Å². The lowest BCUT2D eigenvalue weighted by Crippen LogP contribution is -2.08. The SMILES string of the molecule is CCn1cc(NS(=O)(=O)/C=C/c2ccccc2)cn1. The number of sulfonamides is 1. The number of hydrogen-bond acceptors (Lipinski definition) is 3. The molecule has 0 saturated carbocycles. The number of anilines is 1. The fourth-order valence-corrected chi connectivity index (χ4v) is 2.36. The molecule has 19 heavy (non-hydrogen) atoms. The Morgan fingerprint density at radius 2 is 2.05 bits per heavy atom. The van der Waals surface area contributed by atoms with Crippen molar-refractivity contribution in [2.24, 2.45) is 0 Å². The second-order valence-corrected chi connectivity index (χ2v) is 5.51. The molecular formula is C13H15N3O2S. The predicted molar refractivity (Wildman–Crippen MR) is 75.9 cm³/mol. The Morgan fingerprint density at radius 3 is 2.68 bits per heavy atom. The van der Waals surface area contributed by atoms with Crippen LogP contribution in [0.15, 0.2) is 48.1 Å². The molecule has 1 aromatic heterocycles. The van der Waals surface area contributed by atoms with Crippen LogP contribution in [0.3, 0.4) is 0 Å². The van der Waals surface area contributed by atoms with Crippen LogP contribution < -0.4 is 4.72 Å². The van der Waals surface area contributed by atoms with Gasteiger partial charge in [-0.1, -0.05) is 30.3 Å². The molecule has 1 aromatic carbocycles. The Kier molecular flexibility index (Phi) is 4.01. The molecule has 1 N–H and O–H groups in total. The molecule has 0 unspecified atom stereocenters. The van der Waals surface area contributed by atoms with Gasteiger partial charge in [-0.3, -0.25) is 9.40 Å². The highest BCUT2D eigenvalue weighted by atomic mass is 32.2. The summed E-state index contributed by atoms with van der Waals surface area (Å²) >= 11 is 0. The quantitative estimate of drug-likeness (QED) is 0.912. The molecule has 0 spiro atoms. The lowest BCUT2D eigenvalue weighted by atomic mass is 10.2. The van der Waals surface area contributed by atoms with E-state index in [1.165, 1.54) is 6.20 Å². The van der Waals surface area contributed by atoms with Crippen LogP contribution in [0.1, 0.15) is 12.5 Å². The minimum absolute atomic E-state index is 0.458. The molecule has 0 radical (unpaired) electrons. The normalized spacial score (nSPS) is 11.8. The predicted octanol–water partition coefficient (Wildman–Crippen LogP) is 2.32. The van der Waals surface area contributed by atoms with Crippen molar-refractivity contribution in [1.82, 2.24) is 9.78 Å². The van der Waals surface area contributed by atoms with E-state index in [2.05, 4.69) is 9.82 Å². The minimum atomic E-state index is -3.51. The average molecular weight is 277 g/mol. The first-order valence-corrected chi connectivity index (χ1v) is 7.42. The fourth-order valence-electron chi connectivity index (χ4n) is 1.52. The summed E-state index contributed by atoms with van der Waals surface area (Å²) in [6.07, 6.45) is 4.68. The number of benzene rings is 1. The Bertz CT molecular complexity index is 660. The Morgan fingerprint density at radius 1 is 1.32 bits per heavy atom. The van der Waals surface area contributed by atoms with Gasteiger partial charge in [-0.05, 0) is 18.6 Å². The zero-order chi connectivity index (χ0) is 13.7. The highest BCUT2D eigenvalue weighted by molar-refractivity contribution is 7.95. The third kappa shape index (κ3) is 3.96. The van der Waals surface area contributed by atoms with Gasteiger partial charge in [0.2, 0.25) is 0 Å². The summed E-state index contributed by atoms with van der Waals surface area (Å²) in [5, 5.41) is 5.15. The van der Waals surface area contributed by atoms with Crippen LogP contribution in [0.25, 0.3) is 6.08 Å². The van der Waals surface area contributed by atoms with E-state index in [-0.39, 0.29) is 0 Å². The van der Waals surface area contributed by atoms with Gasteiger partial charge in [0, 0.05) is 12.7 Å². The van der Waals surface area contributed by atoms with Crippen molar-refractivity contribution in [3.05, 3.63) is 53.7 Å². The van der Waals surface area contributed by atoms with Crippen LogP contribution in [0.4, 0.5) is 5.69 Å². The topological polar surface area (TPSA) is 64.0 Å². The van der Waals surface area contributed by atoms with Gasteiger partial charge in [0.1, 0.15) is 0 Å². The molecule has 2 aromatic rings. The van der Waals surface area contributed by atoms with Gasteiger partial charge < -0.3 is 0 Å². The second kappa shape index (κ2) is 5.71. The summed E-state index contributed by atoms with van der Waals surface area (Å²) in [6.45, 7) is 2.63. The third-order valence-corrected chi connectivity index (χ3v) is 3.47. The molecule has 100 valence electrons. The van der Waals surface area contributed by atoms with Crippen molar-refractivity contribution in [2.45, 2.75) is 13.5 Å². The van der Waals surface area contributed by atoms with E-state index >= 15 is 0 Å². The monoisotopic (exact) mass is 277 g/mol. The summed E-state index contributed by atoms with van der Waals surface area (Å²) < 4.78 is 27.8. The molecule has 2 rings (SSSR count). The van der Waals surface area contributed by atoms with E-state index < -0.39 is 10.0 Å². The Hall–Kier alpha value is -2.08. The first kappa shape index (κ1) is 13.4. The van der Waals surface area contributed by atoms with Crippen LogP contribution in [-0.4, -0.2) is 18.2 Å². The zero-order valence-corrected chi connectivity index (χ0v) is 11.3. The first-order chi connectivity index (χ1) is 9.09. The maximum absolute atomic E-state index is 11.8. The van der Waals surface area contributed by atoms with E-state index in [1.807, 2.05) is 37.3 Å². The average Bonchev–Trinajstić information content (AvgIpc) is 2.85. The van der Waals surface area contributed by atoms with E-state index in [4.69, 9.17) is 0 Å². The summed E-state index contributed by atoms with van der Waals surface area (Å²) in [4.78, 5) is 0. The zero-order valence-electron chi connectivity index (χ0n) is 10.5. The third-order valence-electron chi connectivity index (χ3n) is 2.46. The molecule has 0 aliphatic heterocycles. The molecule has 0 saturated heterocycles. The van der Waals surface area contributed by atoms with Crippen LogP contribution in [0.5, 0.6) is 0 Å². The summed E-state index contributed by atoms with van der Waals surface area (Å²) in [5.74, 6) is 0. The summed E-state index contributed by atoms with van der Waals surface area (Å²) in [6, 6.07) is 9.25. The lowest BCUT2D eigenvalue weighted by Gasteiger charge is -2.00. The summed E-state index contributed by atoms with van der Waals surface area (Å²) in [5.41, 5.74) is 1.29. The van der Waals surface area contributed by atoms with Gasteiger partial charge in [-0.15, -0.1) is 0 Å². The van der Waals surface area contributed by atoms with Gasteiger partial charge in [0.05, 0.1) is 17.3 Å². The number of rotatable bonds is 5. The number of nitrogens with zero attached hydrogens (tertiary/aromatic N) is 2. The Labute approximate surface area is 112 Å². The molecule has 0 fully saturated rings. The van der Waals surface area contributed by atoms with Crippen LogP contribution in [0.2, 0.25) is 0 Å². The number of aryl methyl sites for hydroxylation is 1. The van der Waals surface area contributed by atoms with E-state index in [9.17, 15) is 8.42 Å².